The van der Waals surface area contributed by atoms with Gasteiger partial charge in [-0.15, -0.1) is 0 Å². The smallest absolute Gasteiger partial charge is 0.101 e. The van der Waals surface area contributed by atoms with E-state index in [0.29, 0.717) is 17.1 Å². The summed E-state index contributed by atoms with van der Waals surface area (Å²) in [6.07, 6.45) is -0.304. The number of hydrogen-bond acceptors (Lipinski definition) is 4. The number of nitriles is 1. The Balaban J connectivity index is 2.08. The first-order valence-corrected chi connectivity index (χ1v) is 6.83. The van der Waals surface area contributed by atoms with Gasteiger partial charge in [0.1, 0.15) is 6.07 Å². The second-order valence-corrected chi connectivity index (χ2v) is 5.29. The van der Waals surface area contributed by atoms with Gasteiger partial charge < -0.3 is 10.0 Å². The summed E-state index contributed by atoms with van der Waals surface area (Å²) in [5.74, 6) is 0. The largest absolute Gasteiger partial charge is 0.392 e. The Labute approximate surface area is 118 Å². The van der Waals surface area contributed by atoms with E-state index < -0.39 is 0 Å². The molecule has 0 aliphatic carbocycles. The molecule has 19 heavy (non-hydrogen) atoms. The zero-order valence-electron chi connectivity index (χ0n) is 11.0. The van der Waals surface area contributed by atoms with E-state index in [1.807, 2.05) is 6.07 Å². The summed E-state index contributed by atoms with van der Waals surface area (Å²) in [5.41, 5.74) is 1.46. The van der Waals surface area contributed by atoms with Crippen molar-refractivity contribution < 1.29 is 5.11 Å². The van der Waals surface area contributed by atoms with E-state index in [-0.39, 0.29) is 6.10 Å². The molecule has 1 atom stereocenters. The predicted octanol–water partition coefficient (Wildman–Crippen LogP) is 1.71. The van der Waals surface area contributed by atoms with Crippen molar-refractivity contribution in [3.05, 3.63) is 28.8 Å². The van der Waals surface area contributed by atoms with Crippen molar-refractivity contribution in [2.45, 2.75) is 13.0 Å². The molecule has 4 nitrogen and oxygen atoms in total. The molecule has 0 spiro atoms. The maximum absolute atomic E-state index is 9.39. The molecule has 1 heterocycles. The number of aliphatic hydroxyl groups excluding tert-OH is 1. The third kappa shape index (κ3) is 3.38. The van der Waals surface area contributed by atoms with Gasteiger partial charge in [0.2, 0.25) is 0 Å². The van der Waals surface area contributed by atoms with Gasteiger partial charge in [0.25, 0.3) is 0 Å². The number of para-hydroxylation sites is 1. The van der Waals surface area contributed by atoms with Crippen LogP contribution in [0.15, 0.2) is 18.2 Å². The molecular formula is C14H18ClN3O. The molecule has 1 aliphatic rings. The summed E-state index contributed by atoms with van der Waals surface area (Å²) in [6, 6.07) is 7.61. The van der Waals surface area contributed by atoms with Crippen LogP contribution in [0.2, 0.25) is 5.02 Å². The molecule has 1 N–H and O–H groups in total. The van der Waals surface area contributed by atoms with E-state index in [0.717, 1.165) is 31.9 Å². The minimum absolute atomic E-state index is 0.304. The Bertz CT molecular complexity index is 476. The third-order valence-corrected chi connectivity index (χ3v) is 3.62. The van der Waals surface area contributed by atoms with Crippen LogP contribution in [0.3, 0.4) is 0 Å². The number of benzene rings is 1. The minimum atomic E-state index is -0.304. The fourth-order valence-electron chi connectivity index (χ4n) is 2.45. The summed E-state index contributed by atoms with van der Waals surface area (Å²) >= 11 is 6.22. The van der Waals surface area contributed by atoms with Crippen LogP contribution in [-0.2, 0) is 0 Å². The molecule has 0 aromatic heterocycles. The second-order valence-electron chi connectivity index (χ2n) is 4.88. The molecule has 0 saturated carbocycles. The molecule has 1 aromatic carbocycles. The third-order valence-electron chi connectivity index (χ3n) is 3.32. The van der Waals surface area contributed by atoms with Crippen LogP contribution in [0.4, 0.5) is 5.69 Å². The number of aliphatic hydroxyl groups is 1. The quantitative estimate of drug-likeness (QED) is 0.915. The molecule has 0 amide bonds. The van der Waals surface area contributed by atoms with E-state index in [9.17, 15) is 5.11 Å². The highest BCUT2D eigenvalue weighted by Gasteiger charge is 2.21. The second kappa shape index (κ2) is 6.25. The summed E-state index contributed by atoms with van der Waals surface area (Å²) in [7, 11) is 0. The van der Waals surface area contributed by atoms with Crippen LogP contribution >= 0.6 is 11.6 Å². The number of anilines is 1. The monoisotopic (exact) mass is 279 g/mol. The van der Waals surface area contributed by atoms with Gasteiger partial charge in [-0.2, -0.15) is 5.26 Å². The van der Waals surface area contributed by atoms with Gasteiger partial charge in [-0.05, 0) is 19.1 Å². The van der Waals surface area contributed by atoms with Crippen molar-refractivity contribution in [3.8, 4) is 6.07 Å². The Morgan fingerprint density at radius 1 is 1.37 bits per heavy atom. The van der Waals surface area contributed by atoms with Crippen LogP contribution in [0.1, 0.15) is 12.5 Å². The van der Waals surface area contributed by atoms with E-state index in [1.54, 1.807) is 19.1 Å². The molecule has 102 valence electrons. The van der Waals surface area contributed by atoms with Gasteiger partial charge in [0.15, 0.2) is 0 Å². The average Bonchev–Trinajstić information content (AvgIpc) is 2.39. The van der Waals surface area contributed by atoms with Gasteiger partial charge in [0.05, 0.1) is 22.4 Å². The van der Waals surface area contributed by atoms with Gasteiger partial charge >= 0.3 is 0 Å². The number of rotatable bonds is 3. The Morgan fingerprint density at radius 2 is 2.05 bits per heavy atom. The number of hydrogen-bond donors (Lipinski definition) is 1. The molecule has 1 aliphatic heterocycles. The van der Waals surface area contributed by atoms with Gasteiger partial charge in [0, 0.05) is 32.7 Å². The van der Waals surface area contributed by atoms with Crippen molar-refractivity contribution in [2.24, 2.45) is 0 Å². The van der Waals surface area contributed by atoms with Crippen LogP contribution in [-0.4, -0.2) is 48.8 Å². The number of piperazine rings is 1. The number of nitrogens with zero attached hydrogens (tertiary/aromatic N) is 3. The highest BCUT2D eigenvalue weighted by Crippen LogP contribution is 2.30. The van der Waals surface area contributed by atoms with Crippen molar-refractivity contribution in [3.63, 3.8) is 0 Å². The van der Waals surface area contributed by atoms with Crippen molar-refractivity contribution >= 4 is 17.3 Å². The standard InChI is InChI=1S/C14H18ClN3O/c1-11(19)10-17-5-7-18(8-6-17)14-12(9-16)3-2-4-13(14)15/h2-4,11,19H,5-8,10H2,1H3/t11-/m1/s1. The van der Waals surface area contributed by atoms with E-state index in [1.165, 1.54) is 0 Å². The molecule has 0 radical (unpaired) electrons. The van der Waals surface area contributed by atoms with Crippen molar-refractivity contribution in [1.82, 2.24) is 4.90 Å². The maximum Gasteiger partial charge on any atom is 0.101 e. The lowest BCUT2D eigenvalue weighted by Crippen LogP contribution is -2.48. The molecule has 1 aromatic rings. The van der Waals surface area contributed by atoms with Crippen molar-refractivity contribution in [2.75, 3.05) is 37.6 Å². The van der Waals surface area contributed by atoms with E-state index in [4.69, 9.17) is 16.9 Å². The summed E-state index contributed by atoms with van der Waals surface area (Å²) < 4.78 is 0. The lowest BCUT2D eigenvalue weighted by atomic mass is 10.1. The molecule has 2 rings (SSSR count). The van der Waals surface area contributed by atoms with Crippen LogP contribution in [0.5, 0.6) is 0 Å². The molecule has 5 heteroatoms. The van der Waals surface area contributed by atoms with Crippen LogP contribution in [0, 0.1) is 11.3 Å². The first-order valence-electron chi connectivity index (χ1n) is 6.46. The topological polar surface area (TPSA) is 50.5 Å². The maximum atomic E-state index is 9.39. The average molecular weight is 280 g/mol. The first-order chi connectivity index (χ1) is 9.11. The molecule has 0 bridgehead atoms. The normalized spacial score (nSPS) is 18.1. The first kappa shape index (κ1) is 14.1. The highest BCUT2D eigenvalue weighted by molar-refractivity contribution is 6.33. The Kier molecular flexibility index (Phi) is 4.65. The van der Waals surface area contributed by atoms with Crippen molar-refractivity contribution in [1.29, 1.82) is 5.26 Å². The Morgan fingerprint density at radius 3 is 2.63 bits per heavy atom. The van der Waals surface area contributed by atoms with Gasteiger partial charge in [-0.3, -0.25) is 4.90 Å². The molecule has 0 unspecified atom stereocenters. The van der Waals surface area contributed by atoms with E-state index >= 15 is 0 Å². The Hall–Kier alpha value is -1.28. The fourth-order valence-corrected chi connectivity index (χ4v) is 2.75. The lowest BCUT2D eigenvalue weighted by Gasteiger charge is -2.37. The number of β-amino-alcohol motifs (C(OH)–C–C–N with tert-alkyl or cyclic N) is 1. The minimum Gasteiger partial charge on any atom is -0.392 e. The van der Waals surface area contributed by atoms with Crippen LogP contribution < -0.4 is 4.90 Å². The summed E-state index contributed by atoms with van der Waals surface area (Å²) in [5, 5.41) is 19.2. The lowest BCUT2D eigenvalue weighted by molar-refractivity contribution is 0.122. The van der Waals surface area contributed by atoms with Gasteiger partial charge in [-0.25, -0.2) is 0 Å². The zero-order chi connectivity index (χ0) is 13.8. The summed E-state index contributed by atoms with van der Waals surface area (Å²) in [4.78, 5) is 4.38. The fraction of sp³-hybridized carbons (Fsp3) is 0.500. The molecular weight excluding hydrogens is 262 g/mol. The zero-order valence-corrected chi connectivity index (χ0v) is 11.8. The van der Waals surface area contributed by atoms with Crippen LogP contribution in [0.25, 0.3) is 0 Å². The van der Waals surface area contributed by atoms with E-state index in [2.05, 4.69) is 15.9 Å². The molecule has 1 saturated heterocycles. The summed E-state index contributed by atoms with van der Waals surface area (Å²) in [6.45, 7) is 5.90. The van der Waals surface area contributed by atoms with Gasteiger partial charge in [-0.1, -0.05) is 17.7 Å². The predicted molar refractivity (Wildman–Crippen MR) is 76.5 cm³/mol. The highest BCUT2D eigenvalue weighted by atomic mass is 35.5. The number of halogens is 1. The SMILES string of the molecule is C[C@@H](O)CN1CCN(c2c(Cl)cccc2C#N)CC1. The molecule has 1 fully saturated rings.